The molecule has 0 aliphatic carbocycles. The molecule has 0 aliphatic rings. The first-order chi connectivity index (χ1) is 43.0. The van der Waals surface area contributed by atoms with Gasteiger partial charge in [0, 0.05) is 12.8 Å². The predicted octanol–water partition coefficient (Wildman–Crippen LogP) is 21.6. The smallest absolute Gasteiger partial charge is 0.306 e. The van der Waals surface area contributed by atoms with Gasteiger partial charge in [0.25, 0.3) is 7.82 Å². The molecule has 0 spiro atoms. The minimum atomic E-state index is -4.67. The van der Waals surface area contributed by atoms with Crippen LogP contribution in [-0.4, -0.2) is 70.0 Å². The molecule has 0 saturated carbocycles. The van der Waals surface area contributed by atoms with Crippen molar-refractivity contribution in [3.8, 4) is 0 Å². The molecule has 0 fully saturated rings. The molecule has 0 bridgehead atoms. The lowest BCUT2D eigenvalue weighted by atomic mass is 10.1. The van der Waals surface area contributed by atoms with Crippen molar-refractivity contribution >= 4 is 19.8 Å². The second-order valence-corrected chi connectivity index (χ2v) is 24.1. The molecular formula is C78H122NO8P. The van der Waals surface area contributed by atoms with Gasteiger partial charge in [0.15, 0.2) is 6.10 Å². The summed E-state index contributed by atoms with van der Waals surface area (Å²) in [5.74, 6) is -0.909. The van der Waals surface area contributed by atoms with Crippen molar-refractivity contribution in [1.29, 1.82) is 0 Å². The Bertz CT molecular complexity index is 2240. The summed E-state index contributed by atoms with van der Waals surface area (Å²) in [5, 5.41) is 0. The molecule has 0 N–H and O–H groups in total. The SMILES string of the molecule is CC/C=C\C/C=C\C/C=C\C/C=C\C/C=C\C/C=C\C/C=C\C/C=C\C/C=C\C/C=C\C/C=C\C/C=C\CCCCC(=O)OC(COC(=O)CCCCCCCCCCC/C=C\C/C=C\C/C=C\C/C=C\C/C=C\CC)COP(=O)([O-])OCC[N+](C)(C)C. The number of quaternary nitrogens is 1. The van der Waals surface area contributed by atoms with Crippen LogP contribution in [0.25, 0.3) is 0 Å². The number of hydrogen-bond donors (Lipinski definition) is 0. The number of unbranched alkanes of at least 4 members (excludes halogenated alkanes) is 11. The Balaban J connectivity index is 4.26. The van der Waals surface area contributed by atoms with Gasteiger partial charge < -0.3 is 27.9 Å². The maximum absolute atomic E-state index is 12.8. The van der Waals surface area contributed by atoms with Gasteiger partial charge >= 0.3 is 11.9 Å². The molecule has 0 aromatic carbocycles. The molecule has 2 atom stereocenters. The molecule has 0 aromatic heterocycles. The maximum Gasteiger partial charge on any atom is 0.306 e. The van der Waals surface area contributed by atoms with Crippen LogP contribution in [0.2, 0.25) is 0 Å². The summed E-state index contributed by atoms with van der Waals surface area (Å²) in [6.07, 6.45) is 105. The first-order valence-corrected chi connectivity index (χ1v) is 35.3. The minimum Gasteiger partial charge on any atom is -0.756 e. The quantitative estimate of drug-likeness (QED) is 0.0195. The number of esters is 2. The molecule has 10 heteroatoms. The molecule has 2 unspecified atom stereocenters. The molecule has 0 rings (SSSR count). The van der Waals surface area contributed by atoms with E-state index in [0.29, 0.717) is 23.9 Å². The van der Waals surface area contributed by atoms with E-state index in [9.17, 15) is 19.0 Å². The number of ether oxygens (including phenoxy) is 2. The summed E-state index contributed by atoms with van der Waals surface area (Å²) in [5.41, 5.74) is 0. The summed E-state index contributed by atoms with van der Waals surface area (Å²) >= 11 is 0. The second-order valence-electron chi connectivity index (χ2n) is 22.7. The third-order valence-electron chi connectivity index (χ3n) is 13.3. The van der Waals surface area contributed by atoms with Gasteiger partial charge in [0.2, 0.25) is 0 Å². The fourth-order valence-corrected chi connectivity index (χ4v) is 8.92. The number of rotatable bonds is 59. The van der Waals surface area contributed by atoms with E-state index in [1.807, 2.05) is 21.1 Å². The van der Waals surface area contributed by atoms with Crippen LogP contribution in [0.3, 0.4) is 0 Å². The molecule has 0 amide bonds. The summed E-state index contributed by atoms with van der Waals surface area (Å²) in [6.45, 7) is 3.92. The van der Waals surface area contributed by atoms with E-state index >= 15 is 0 Å². The zero-order chi connectivity index (χ0) is 64.1. The average molecular weight is 1230 g/mol. The van der Waals surface area contributed by atoms with Gasteiger partial charge in [-0.2, -0.15) is 0 Å². The molecule has 0 radical (unpaired) electrons. The van der Waals surface area contributed by atoms with E-state index < -0.39 is 32.5 Å². The highest BCUT2D eigenvalue weighted by Gasteiger charge is 2.22. The molecule has 0 aromatic rings. The number of carbonyl (C=O) groups excluding carboxylic acids is 2. The fourth-order valence-electron chi connectivity index (χ4n) is 8.19. The van der Waals surface area contributed by atoms with Crippen molar-refractivity contribution in [2.24, 2.45) is 0 Å². The first-order valence-electron chi connectivity index (χ1n) is 33.8. The van der Waals surface area contributed by atoms with E-state index in [4.69, 9.17) is 18.5 Å². The lowest BCUT2D eigenvalue weighted by Gasteiger charge is -2.28. The number of hydrogen-bond acceptors (Lipinski definition) is 8. The van der Waals surface area contributed by atoms with Gasteiger partial charge in [0.05, 0.1) is 27.7 Å². The summed E-state index contributed by atoms with van der Waals surface area (Å²) in [7, 11) is 1.10. The number of phosphoric ester groups is 1. The third kappa shape index (κ3) is 69.7. The lowest BCUT2D eigenvalue weighted by Crippen LogP contribution is -2.37. The van der Waals surface area contributed by atoms with Crippen LogP contribution < -0.4 is 4.89 Å². The van der Waals surface area contributed by atoms with Crippen LogP contribution in [0, 0.1) is 0 Å². The first kappa shape index (κ1) is 82.6. The van der Waals surface area contributed by atoms with Crippen molar-refractivity contribution in [2.75, 3.05) is 47.5 Å². The highest BCUT2D eigenvalue weighted by atomic mass is 31.2. The van der Waals surface area contributed by atoms with Crippen LogP contribution in [0.15, 0.2) is 207 Å². The Kier molecular flexibility index (Phi) is 62.0. The zero-order valence-electron chi connectivity index (χ0n) is 55.8. The van der Waals surface area contributed by atoms with Crippen LogP contribution >= 0.6 is 7.82 Å². The number of allylic oxidation sites excluding steroid dienone is 34. The van der Waals surface area contributed by atoms with Crippen molar-refractivity contribution in [2.45, 2.75) is 225 Å². The summed E-state index contributed by atoms with van der Waals surface area (Å²) < 4.78 is 34.2. The Morgan fingerprint density at radius 2 is 0.614 bits per heavy atom. The average Bonchev–Trinajstić information content (AvgIpc) is 3.68. The fraction of sp³-hybridized carbons (Fsp3) is 0.538. The molecule has 88 heavy (non-hydrogen) atoms. The van der Waals surface area contributed by atoms with E-state index in [2.05, 4.69) is 220 Å². The van der Waals surface area contributed by atoms with Crippen molar-refractivity contribution < 1.29 is 42.1 Å². The Hall–Kier alpha value is -5.41. The topological polar surface area (TPSA) is 111 Å². The number of carbonyl (C=O) groups is 2. The van der Waals surface area contributed by atoms with Gasteiger partial charge in [0.1, 0.15) is 19.8 Å². The van der Waals surface area contributed by atoms with Gasteiger partial charge in [-0.1, -0.05) is 265 Å². The van der Waals surface area contributed by atoms with E-state index in [1.54, 1.807) is 0 Å². The molecule has 0 saturated heterocycles. The highest BCUT2D eigenvalue weighted by Crippen LogP contribution is 2.38. The number of likely N-dealkylation sites (N-methyl/N-ethyl adjacent to an activating group) is 1. The highest BCUT2D eigenvalue weighted by molar-refractivity contribution is 7.45. The maximum atomic E-state index is 12.8. The van der Waals surface area contributed by atoms with E-state index in [0.717, 1.165) is 148 Å². The standard InChI is InChI=1S/C78H122NO8P/c1-6-8-10-12-14-16-18-20-22-24-26-28-30-32-33-34-35-36-37-38-39-40-41-42-43-44-45-47-49-51-53-55-57-59-61-63-65-67-69-71-78(81)87-76(75-86-88(82,83)85-73-72-79(3,4)5)74-84-77(80)70-68-66-64-62-60-58-56-54-52-50-48-46-31-29-27-25-23-21-19-17-15-13-11-9-7-2/h8-11,14-17,20-23,26-29,32-33,35-36,38-39,41-42,44-46,48-49,51,55,57,61,63,76H,6-7,12-13,18-19,24-25,30-31,34,37,40,43,47,50,52-54,56,58-60,62,64-75H2,1-5H3/b10-8-,11-9-,16-14-,17-15-,22-20-,23-21-,28-26-,29-27-,33-32-,36-35-,39-38-,42-41-,45-44-,48-46-,51-49-,57-55-,63-61-. The molecule has 9 nitrogen and oxygen atoms in total. The third-order valence-corrected chi connectivity index (χ3v) is 14.3. The lowest BCUT2D eigenvalue weighted by molar-refractivity contribution is -0.870. The van der Waals surface area contributed by atoms with E-state index in [-0.39, 0.29) is 26.1 Å². The van der Waals surface area contributed by atoms with Crippen LogP contribution in [0.4, 0.5) is 0 Å². The predicted molar refractivity (Wildman–Crippen MR) is 378 cm³/mol. The monoisotopic (exact) mass is 1230 g/mol. The number of nitrogens with zero attached hydrogens (tertiary/aromatic N) is 1. The normalized spacial score (nSPS) is 14.5. The van der Waals surface area contributed by atoms with Gasteiger partial charge in [-0.05, 0) is 148 Å². The van der Waals surface area contributed by atoms with Crippen LogP contribution in [0.1, 0.15) is 219 Å². The molecule has 0 aliphatic heterocycles. The Morgan fingerprint density at radius 3 is 0.932 bits per heavy atom. The Labute approximate surface area is 538 Å². The summed E-state index contributed by atoms with van der Waals surface area (Å²) in [4.78, 5) is 38.0. The second kappa shape index (κ2) is 66.0. The van der Waals surface area contributed by atoms with Gasteiger partial charge in [-0.15, -0.1) is 0 Å². The summed E-state index contributed by atoms with van der Waals surface area (Å²) in [6, 6.07) is 0. The Morgan fingerprint density at radius 1 is 0.352 bits per heavy atom. The zero-order valence-corrected chi connectivity index (χ0v) is 56.7. The van der Waals surface area contributed by atoms with Gasteiger partial charge in [-0.25, -0.2) is 0 Å². The van der Waals surface area contributed by atoms with Crippen molar-refractivity contribution in [3.05, 3.63) is 207 Å². The van der Waals surface area contributed by atoms with Crippen molar-refractivity contribution in [1.82, 2.24) is 0 Å². The van der Waals surface area contributed by atoms with Gasteiger partial charge in [-0.3, -0.25) is 14.2 Å². The van der Waals surface area contributed by atoms with Crippen LogP contribution in [0.5, 0.6) is 0 Å². The minimum absolute atomic E-state index is 0.0525. The van der Waals surface area contributed by atoms with Crippen LogP contribution in [-0.2, 0) is 32.7 Å². The van der Waals surface area contributed by atoms with E-state index in [1.165, 1.54) is 32.1 Å². The molecule has 492 valence electrons. The molecular weight excluding hydrogens is 1110 g/mol. The largest absolute Gasteiger partial charge is 0.756 e. The van der Waals surface area contributed by atoms with Crippen molar-refractivity contribution in [3.63, 3.8) is 0 Å². The molecule has 0 heterocycles. The number of phosphoric acid groups is 1.